The van der Waals surface area contributed by atoms with Crippen molar-refractivity contribution in [1.82, 2.24) is 10.6 Å². The van der Waals surface area contributed by atoms with Crippen LogP contribution in [0.25, 0.3) is 17.3 Å². The van der Waals surface area contributed by atoms with E-state index >= 15 is 0 Å². The van der Waals surface area contributed by atoms with Crippen molar-refractivity contribution in [1.29, 1.82) is 0 Å². The van der Waals surface area contributed by atoms with Crippen LogP contribution in [-0.4, -0.2) is 24.1 Å². The lowest BCUT2D eigenvalue weighted by Crippen LogP contribution is -2.18. The van der Waals surface area contributed by atoms with Crippen LogP contribution in [-0.2, 0) is 4.74 Å². The van der Waals surface area contributed by atoms with E-state index in [9.17, 15) is 4.79 Å². The van der Waals surface area contributed by atoms with Gasteiger partial charge in [0.25, 0.3) is 0 Å². The predicted octanol–water partition coefficient (Wildman–Crippen LogP) is 5.71. The molecular formula is C19H21Cl2N3O3. The Hall–Kier alpha value is -2.31. The Balaban J connectivity index is 2.37. The molecule has 1 heterocycles. The molecule has 8 heteroatoms. The Morgan fingerprint density at radius 2 is 1.89 bits per heavy atom. The van der Waals surface area contributed by atoms with Crippen molar-refractivity contribution in [3.05, 3.63) is 44.1 Å². The van der Waals surface area contributed by atoms with E-state index in [-0.39, 0.29) is 6.61 Å². The zero-order chi connectivity index (χ0) is 20.1. The number of hydrogen-bond donors (Lipinski definition) is 1. The molecule has 0 fully saturated rings. The van der Waals surface area contributed by atoms with Gasteiger partial charge in [0.05, 0.1) is 12.8 Å². The molecule has 144 valence electrons. The molecule has 0 bridgehead atoms. The molecule has 2 aromatic rings. The van der Waals surface area contributed by atoms with Crippen LogP contribution >= 0.6 is 23.2 Å². The number of aromatic nitrogens is 1. The average Bonchev–Trinajstić information content (AvgIpc) is 3.06. The highest BCUT2D eigenvalue weighted by atomic mass is 35.5. The molecule has 0 saturated heterocycles. The van der Waals surface area contributed by atoms with Gasteiger partial charge in [-0.1, -0.05) is 28.4 Å². The van der Waals surface area contributed by atoms with Crippen molar-refractivity contribution in [3.8, 4) is 11.3 Å². The second-order valence-corrected chi connectivity index (χ2v) is 6.73. The molecule has 1 aromatic heterocycles. The van der Waals surface area contributed by atoms with Crippen LogP contribution in [0.5, 0.6) is 0 Å². The predicted molar refractivity (Wildman–Crippen MR) is 108 cm³/mol. The molecule has 0 aliphatic rings. The number of carbonyl (C=O) groups is 1. The minimum Gasteiger partial charge on any atom is -0.449 e. The zero-order valence-electron chi connectivity index (χ0n) is 15.8. The second kappa shape index (κ2) is 9.06. The SMILES string of the molecule is CCOC(=O)N/N=C/C(C)=C\c1conc1-c1c(C)c(Cl)c(C)c(Cl)c1C. The summed E-state index contributed by atoms with van der Waals surface area (Å²) in [5.74, 6) is 0. The minimum absolute atomic E-state index is 0.278. The molecule has 1 amide bonds. The number of allylic oxidation sites excluding steroid dienone is 1. The normalized spacial score (nSPS) is 11.9. The third-order valence-corrected chi connectivity index (χ3v) is 5.12. The molecule has 1 aromatic carbocycles. The van der Waals surface area contributed by atoms with E-state index in [0.29, 0.717) is 15.7 Å². The van der Waals surface area contributed by atoms with Crippen molar-refractivity contribution < 1.29 is 14.1 Å². The molecule has 2 rings (SSSR count). The Bertz CT molecular complexity index is 888. The first kappa shape index (κ1) is 21.0. The lowest BCUT2D eigenvalue weighted by molar-refractivity contribution is 0.152. The zero-order valence-corrected chi connectivity index (χ0v) is 17.3. The number of rotatable bonds is 5. The van der Waals surface area contributed by atoms with E-state index in [0.717, 1.165) is 33.4 Å². The minimum atomic E-state index is -0.609. The largest absolute Gasteiger partial charge is 0.449 e. The Kier molecular flexibility index (Phi) is 7.05. The summed E-state index contributed by atoms with van der Waals surface area (Å²) in [6, 6.07) is 0. The van der Waals surface area contributed by atoms with E-state index in [1.807, 2.05) is 33.8 Å². The molecule has 6 nitrogen and oxygen atoms in total. The molecular weight excluding hydrogens is 389 g/mol. The quantitative estimate of drug-likeness (QED) is 0.506. The third kappa shape index (κ3) is 4.70. The second-order valence-electron chi connectivity index (χ2n) is 5.98. The summed E-state index contributed by atoms with van der Waals surface area (Å²) in [6.07, 6.45) is 4.26. The maximum absolute atomic E-state index is 11.2. The number of halogens is 2. The first-order valence-corrected chi connectivity index (χ1v) is 9.07. The molecule has 0 aliphatic carbocycles. The lowest BCUT2D eigenvalue weighted by Gasteiger charge is -2.15. The highest BCUT2D eigenvalue weighted by Gasteiger charge is 2.20. The first-order valence-electron chi connectivity index (χ1n) is 8.31. The Labute approximate surface area is 168 Å². The highest BCUT2D eigenvalue weighted by molar-refractivity contribution is 6.37. The fourth-order valence-electron chi connectivity index (χ4n) is 2.68. The van der Waals surface area contributed by atoms with Gasteiger partial charge < -0.3 is 9.26 Å². The third-order valence-electron chi connectivity index (χ3n) is 3.98. The summed E-state index contributed by atoms with van der Waals surface area (Å²) in [5, 5.41) is 9.19. The van der Waals surface area contributed by atoms with Crippen LogP contribution in [0, 0.1) is 20.8 Å². The van der Waals surface area contributed by atoms with Crippen LogP contribution in [0.3, 0.4) is 0 Å². The summed E-state index contributed by atoms with van der Waals surface area (Å²) in [4.78, 5) is 11.2. The fraction of sp³-hybridized carbons (Fsp3) is 0.316. The molecule has 0 atom stereocenters. The van der Waals surface area contributed by atoms with E-state index in [1.54, 1.807) is 6.92 Å². The van der Waals surface area contributed by atoms with Gasteiger partial charge in [-0.3, -0.25) is 0 Å². The topological polar surface area (TPSA) is 76.7 Å². The number of benzene rings is 1. The van der Waals surface area contributed by atoms with Crippen molar-refractivity contribution in [3.63, 3.8) is 0 Å². The molecule has 1 N–H and O–H groups in total. The van der Waals surface area contributed by atoms with Crippen LogP contribution in [0.4, 0.5) is 4.79 Å². The molecule has 0 unspecified atom stereocenters. The summed E-state index contributed by atoms with van der Waals surface area (Å²) < 4.78 is 9.91. The van der Waals surface area contributed by atoms with Gasteiger partial charge in [0, 0.05) is 21.2 Å². The Morgan fingerprint density at radius 3 is 2.48 bits per heavy atom. The fourth-order valence-corrected chi connectivity index (χ4v) is 3.11. The van der Waals surface area contributed by atoms with Gasteiger partial charge in [0.2, 0.25) is 0 Å². The number of hydrogen-bond acceptors (Lipinski definition) is 5. The molecule has 0 spiro atoms. The number of carbonyl (C=O) groups excluding carboxylic acids is 1. The summed E-state index contributed by atoms with van der Waals surface area (Å²) in [6.45, 7) is 9.56. The van der Waals surface area contributed by atoms with E-state index in [1.165, 1.54) is 12.5 Å². The van der Waals surface area contributed by atoms with Gasteiger partial charge in [0.1, 0.15) is 12.0 Å². The average molecular weight is 410 g/mol. The van der Waals surface area contributed by atoms with Gasteiger partial charge in [-0.15, -0.1) is 0 Å². The maximum Gasteiger partial charge on any atom is 0.427 e. The van der Waals surface area contributed by atoms with Crippen LogP contribution < -0.4 is 5.43 Å². The summed E-state index contributed by atoms with van der Waals surface area (Å²) in [5.41, 5.74) is 7.88. The van der Waals surface area contributed by atoms with Gasteiger partial charge in [-0.05, 0) is 63.0 Å². The standard InChI is InChI=1S/C19H21Cl2N3O3/c1-6-26-19(25)23-22-8-10(2)7-14-9-27-24-18(14)15-11(3)16(20)13(5)17(21)12(15)4/h7-9H,6H2,1-5H3,(H,23,25)/b10-7-,22-8+. The number of nitrogens with one attached hydrogen (secondary N) is 1. The van der Waals surface area contributed by atoms with Gasteiger partial charge in [0.15, 0.2) is 0 Å². The van der Waals surface area contributed by atoms with Crippen LogP contribution in [0.2, 0.25) is 10.0 Å². The molecule has 0 aliphatic heterocycles. The van der Waals surface area contributed by atoms with Crippen LogP contribution in [0.15, 0.2) is 21.5 Å². The van der Waals surface area contributed by atoms with Crippen molar-refractivity contribution >= 4 is 41.6 Å². The number of amides is 1. The molecule has 0 radical (unpaired) electrons. The number of hydrazone groups is 1. The lowest BCUT2D eigenvalue weighted by atomic mass is 9.94. The number of ether oxygens (including phenoxy) is 1. The van der Waals surface area contributed by atoms with E-state index < -0.39 is 6.09 Å². The van der Waals surface area contributed by atoms with E-state index in [2.05, 4.69) is 15.7 Å². The van der Waals surface area contributed by atoms with Crippen molar-refractivity contribution in [2.75, 3.05) is 6.61 Å². The Morgan fingerprint density at radius 1 is 1.26 bits per heavy atom. The monoisotopic (exact) mass is 409 g/mol. The van der Waals surface area contributed by atoms with Gasteiger partial charge in [-0.2, -0.15) is 5.10 Å². The first-order chi connectivity index (χ1) is 12.8. The smallest absolute Gasteiger partial charge is 0.427 e. The van der Waals surface area contributed by atoms with Crippen molar-refractivity contribution in [2.45, 2.75) is 34.6 Å². The molecule has 27 heavy (non-hydrogen) atoms. The highest BCUT2D eigenvalue weighted by Crippen LogP contribution is 2.40. The summed E-state index contributed by atoms with van der Waals surface area (Å²) >= 11 is 12.9. The van der Waals surface area contributed by atoms with Gasteiger partial charge in [-0.25, -0.2) is 10.2 Å². The van der Waals surface area contributed by atoms with Gasteiger partial charge >= 0.3 is 6.09 Å². The van der Waals surface area contributed by atoms with E-state index in [4.69, 9.17) is 32.5 Å². The van der Waals surface area contributed by atoms with Crippen LogP contribution in [0.1, 0.15) is 36.1 Å². The number of nitrogens with zero attached hydrogens (tertiary/aromatic N) is 2. The maximum atomic E-state index is 11.2. The van der Waals surface area contributed by atoms with Crippen molar-refractivity contribution in [2.24, 2.45) is 5.10 Å². The molecule has 0 saturated carbocycles. The summed E-state index contributed by atoms with van der Waals surface area (Å²) in [7, 11) is 0.